The SMILES string of the molecule is N.[AlH3].[Ta].[Ti]. The van der Waals surface area contributed by atoms with Gasteiger partial charge >= 0.3 is 0 Å². The Labute approximate surface area is 67.0 Å². The number of rotatable bonds is 0. The largest absolute Gasteiger partial charge is 0.344 e. The number of hydrogen-bond acceptors (Lipinski definition) is 1. The molecule has 0 aliphatic carbocycles. The fraction of sp³-hybridized carbons (Fsp3) is 0. The van der Waals surface area contributed by atoms with Crippen molar-refractivity contribution in [2.75, 3.05) is 0 Å². The van der Waals surface area contributed by atoms with Crippen LogP contribution in [-0.4, -0.2) is 17.4 Å². The Hall–Kier alpha value is 1.95. The van der Waals surface area contributed by atoms with Gasteiger partial charge < -0.3 is 6.15 Å². The zero-order chi connectivity index (χ0) is 0. The molecule has 0 spiro atoms. The smallest absolute Gasteiger partial charge is 0.187 e. The first-order chi connectivity index (χ1) is 0. The molecule has 23 valence electrons. The van der Waals surface area contributed by atoms with Crippen molar-refractivity contribution in [2.45, 2.75) is 0 Å². The molecule has 0 rings (SSSR count). The minimum Gasteiger partial charge on any atom is -0.344 e. The van der Waals surface area contributed by atoms with Crippen LogP contribution in [0, 0.1) is 0 Å². The summed E-state index contributed by atoms with van der Waals surface area (Å²) in [6.45, 7) is 0. The molecule has 3 N–H and O–H groups in total. The van der Waals surface area contributed by atoms with Gasteiger partial charge in [0, 0.05) is 44.1 Å². The van der Waals surface area contributed by atoms with E-state index >= 15 is 0 Å². The van der Waals surface area contributed by atoms with Crippen LogP contribution in [0.2, 0.25) is 0 Å². The van der Waals surface area contributed by atoms with E-state index in [9.17, 15) is 0 Å². The summed E-state index contributed by atoms with van der Waals surface area (Å²) in [4.78, 5) is 0. The molecule has 0 aliphatic rings. The molecule has 0 unspecified atom stereocenters. The van der Waals surface area contributed by atoms with Gasteiger partial charge in [-0.2, -0.15) is 0 Å². The zero-order valence-electron chi connectivity index (χ0n) is 1.65. The van der Waals surface area contributed by atoms with Gasteiger partial charge in [-0.25, -0.2) is 0 Å². The Kier molecular flexibility index (Phi) is 195. The van der Waals surface area contributed by atoms with Crippen LogP contribution < -0.4 is 6.15 Å². The maximum atomic E-state index is 0. The van der Waals surface area contributed by atoms with E-state index in [1.807, 2.05) is 0 Å². The van der Waals surface area contributed by atoms with Gasteiger partial charge in [0.2, 0.25) is 0 Å². The van der Waals surface area contributed by atoms with Crippen molar-refractivity contribution < 1.29 is 44.1 Å². The van der Waals surface area contributed by atoms with Crippen molar-refractivity contribution in [1.82, 2.24) is 6.15 Å². The topological polar surface area (TPSA) is 35.0 Å². The second kappa shape index (κ2) is 20.3. The minimum atomic E-state index is 0. The first-order valence-electron chi connectivity index (χ1n) is 0. The van der Waals surface area contributed by atoms with Crippen LogP contribution in [0.4, 0.5) is 0 Å². The van der Waals surface area contributed by atoms with Crippen LogP contribution in [0.1, 0.15) is 0 Å². The van der Waals surface area contributed by atoms with Gasteiger partial charge in [-0.3, -0.25) is 0 Å². The molecule has 0 saturated heterocycles. The van der Waals surface area contributed by atoms with Crippen molar-refractivity contribution >= 4 is 17.4 Å². The van der Waals surface area contributed by atoms with Gasteiger partial charge in [0.05, 0.1) is 0 Å². The molecule has 1 radical (unpaired) electrons. The molecule has 0 aromatic rings. The summed E-state index contributed by atoms with van der Waals surface area (Å²) in [5.74, 6) is 0. The molecule has 0 bridgehead atoms. The first-order valence-corrected chi connectivity index (χ1v) is 0. The predicted molar refractivity (Wildman–Crippen MR) is 15.0 cm³/mol. The molecular formula is H6AlNTaTi. The Morgan fingerprint density at radius 2 is 1.00 bits per heavy atom. The second-order valence-corrected chi connectivity index (χ2v) is 0. The molecule has 0 saturated carbocycles. The number of hydrogen-bond donors (Lipinski definition) is 1. The van der Waals surface area contributed by atoms with Crippen molar-refractivity contribution in [3.8, 4) is 0 Å². The molecule has 0 fully saturated rings. The molecule has 0 aromatic heterocycles. The van der Waals surface area contributed by atoms with E-state index < -0.39 is 0 Å². The third-order valence-corrected chi connectivity index (χ3v) is 0. The average Bonchev–Trinajstić information content (AvgIpc) is 0. The van der Waals surface area contributed by atoms with Crippen LogP contribution >= 0.6 is 0 Å². The van der Waals surface area contributed by atoms with E-state index in [2.05, 4.69) is 0 Å². The fourth-order valence-corrected chi connectivity index (χ4v) is 0. The summed E-state index contributed by atoms with van der Waals surface area (Å²) in [5, 5.41) is 0. The molecule has 0 heterocycles. The molecule has 0 aliphatic heterocycles. The van der Waals surface area contributed by atoms with E-state index in [-0.39, 0.29) is 67.6 Å². The summed E-state index contributed by atoms with van der Waals surface area (Å²) in [7, 11) is 0. The van der Waals surface area contributed by atoms with Crippen molar-refractivity contribution in [2.24, 2.45) is 0 Å². The normalized spacial score (nSPS) is 0. The molecular weight excluding hydrogens is 270 g/mol. The van der Waals surface area contributed by atoms with Crippen LogP contribution in [-0.2, 0) is 44.1 Å². The maximum Gasteiger partial charge on any atom is 0.187 e. The maximum absolute atomic E-state index is 0. The van der Waals surface area contributed by atoms with Gasteiger partial charge in [-0.1, -0.05) is 0 Å². The standard InChI is InChI=1S/Al.H3N.Ta.Ti.3H/h;1H3;;;;;. The summed E-state index contributed by atoms with van der Waals surface area (Å²) in [6.07, 6.45) is 0. The second-order valence-electron chi connectivity index (χ2n) is 0. The summed E-state index contributed by atoms with van der Waals surface area (Å²) in [6, 6.07) is 0. The zero-order valence-corrected chi connectivity index (χ0v) is 6.43. The molecule has 0 atom stereocenters. The predicted octanol–water partition coefficient (Wildman–Crippen LogP) is -1.03. The molecule has 0 aromatic carbocycles. The Morgan fingerprint density at radius 3 is 1.00 bits per heavy atom. The summed E-state index contributed by atoms with van der Waals surface area (Å²) < 4.78 is 0. The fourth-order valence-electron chi connectivity index (χ4n) is 0. The Bertz CT molecular complexity index is 8.00. The minimum absolute atomic E-state index is 0. The van der Waals surface area contributed by atoms with Gasteiger partial charge in [-0.15, -0.1) is 0 Å². The van der Waals surface area contributed by atoms with Crippen molar-refractivity contribution in [1.29, 1.82) is 0 Å². The average molecular weight is 276 g/mol. The van der Waals surface area contributed by atoms with Crippen LogP contribution in [0.5, 0.6) is 0 Å². The molecule has 4 heavy (non-hydrogen) atoms. The third kappa shape index (κ3) is 9.04. The van der Waals surface area contributed by atoms with E-state index in [1.54, 1.807) is 0 Å². The van der Waals surface area contributed by atoms with Crippen molar-refractivity contribution in [3.63, 3.8) is 0 Å². The van der Waals surface area contributed by atoms with Crippen LogP contribution in [0.25, 0.3) is 0 Å². The summed E-state index contributed by atoms with van der Waals surface area (Å²) in [5.41, 5.74) is 0. The van der Waals surface area contributed by atoms with Crippen LogP contribution in [0.15, 0.2) is 0 Å². The molecule has 4 heteroatoms. The monoisotopic (exact) mass is 276 g/mol. The third-order valence-electron chi connectivity index (χ3n) is 0. The molecule has 1 nitrogen and oxygen atoms in total. The quantitative estimate of drug-likeness (QED) is 0.564. The van der Waals surface area contributed by atoms with E-state index in [0.717, 1.165) is 0 Å². The Balaban J connectivity index is 0. The van der Waals surface area contributed by atoms with Gasteiger partial charge in [0.25, 0.3) is 0 Å². The van der Waals surface area contributed by atoms with Gasteiger partial charge in [-0.05, 0) is 0 Å². The van der Waals surface area contributed by atoms with E-state index in [1.165, 1.54) is 0 Å². The van der Waals surface area contributed by atoms with E-state index in [0.29, 0.717) is 0 Å². The van der Waals surface area contributed by atoms with Gasteiger partial charge in [0.15, 0.2) is 17.4 Å². The van der Waals surface area contributed by atoms with E-state index in [4.69, 9.17) is 0 Å². The Morgan fingerprint density at radius 1 is 1.00 bits per heavy atom. The summed E-state index contributed by atoms with van der Waals surface area (Å²) >= 11 is 0. The first kappa shape index (κ1) is 38.4. The van der Waals surface area contributed by atoms with Crippen LogP contribution in [0.3, 0.4) is 0 Å². The van der Waals surface area contributed by atoms with Gasteiger partial charge in [0.1, 0.15) is 0 Å². The molecule has 0 amide bonds. The van der Waals surface area contributed by atoms with Crippen molar-refractivity contribution in [3.05, 3.63) is 0 Å².